The summed E-state index contributed by atoms with van der Waals surface area (Å²) in [6, 6.07) is 0. The second-order valence-corrected chi connectivity index (χ2v) is 5.71. The van der Waals surface area contributed by atoms with Crippen LogP contribution in [-0.4, -0.2) is 83.4 Å². The summed E-state index contributed by atoms with van der Waals surface area (Å²) in [5.41, 5.74) is 0. The van der Waals surface area contributed by atoms with Crippen LogP contribution in [-0.2, 0) is 14.4 Å². The Morgan fingerprint density at radius 2 is 1.62 bits per heavy atom. The van der Waals surface area contributed by atoms with Gasteiger partial charge < -0.3 is 14.9 Å². The van der Waals surface area contributed by atoms with Gasteiger partial charge in [0.05, 0.1) is 13.1 Å². The molecule has 0 saturated carbocycles. The average molecular weight is 297 g/mol. The minimum Gasteiger partial charge on any atom is -0.480 e. The number of nitrogens with zero attached hydrogens (tertiary/aromatic N) is 3. The molecule has 0 spiro atoms. The first-order valence-corrected chi connectivity index (χ1v) is 7.56. The monoisotopic (exact) mass is 297 g/mol. The van der Waals surface area contributed by atoms with E-state index >= 15 is 0 Å². The summed E-state index contributed by atoms with van der Waals surface area (Å²) in [5, 5.41) is 8.72. The highest BCUT2D eigenvalue weighted by Crippen LogP contribution is 2.10. The summed E-state index contributed by atoms with van der Waals surface area (Å²) in [6.45, 7) is 2.69. The number of rotatable bonds is 4. The molecule has 0 bridgehead atoms. The maximum absolute atomic E-state index is 12.3. The maximum atomic E-state index is 12.3. The standard InChI is InChI=1S/C14H23N3O4/c18-12(9-15-5-3-1-2-4-6-15)16-7-8-17(11-14(20)21)13(19)10-16/h1-11H2,(H,20,21). The van der Waals surface area contributed by atoms with Gasteiger partial charge in [0.25, 0.3) is 0 Å². The fourth-order valence-corrected chi connectivity index (χ4v) is 2.84. The van der Waals surface area contributed by atoms with Crippen LogP contribution >= 0.6 is 0 Å². The van der Waals surface area contributed by atoms with Crippen LogP contribution in [0.4, 0.5) is 0 Å². The molecule has 7 nitrogen and oxygen atoms in total. The third-order valence-electron chi connectivity index (χ3n) is 4.06. The van der Waals surface area contributed by atoms with E-state index in [9.17, 15) is 14.4 Å². The van der Waals surface area contributed by atoms with Crippen molar-refractivity contribution in [2.24, 2.45) is 0 Å². The molecule has 0 radical (unpaired) electrons. The van der Waals surface area contributed by atoms with Crippen molar-refractivity contribution >= 4 is 17.8 Å². The number of piperazine rings is 1. The Balaban J connectivity index is 1.81. The van der Waals surface area contributed by atoms with Gasteiger partial charge in [0.1, 0.15) is 6.54 Å². The molecule has 21 heavy (non-hydrogen) atoms. The fraction of sp³-hybridized carbons (Fsp3) is 0.786. The van der Waals surface area contributed by atoms with E-state index in [4.69, 9.17) is 5.11 Å². The SMILES string of the molecule is O=C(O)CN1CCN(C(=O)CN2CCCCCC2)CC1=O. The van der Waals surface area contributed by atoms with Crippen LogP contribution in [0.25, 0.3) is 0 Å². The van der Waals surface area contributed by atoms with Crippen molar-refractivity contribution in [3.05, 3.63) is 0 Å². The number of hydrogen-bond donors (Lipinski definition) is 1. The average Bonchev–Trinajstić information content (AvgIpc) is 2.69. The van der Waals surface area contributed by atoms with Gasteiger partial charge in [0, 0.05) is 13.1 Å². The van der Waals surface area contributed by atoms with Gasteiger partial charge in [-0.2, -0.15) is 0 Å². The lowest BCUT2D eigenvalue weighted by Crippen LogP contribution is -2.55. The molecule has 2 aliphatic rings. The van der Waals surface area contributed by atoms with E-state index in [1.54, 1.807) is 4.90 Å². The van der Waals surface area contributed by atoms with E-state index in [0.717, 1.165) is 25.9 Å². The Labute approximate surface area is 124 Å². The van der Waals surface area contributed by atoms with Crippen LogP contribution in [0.15, 0.2) is 0 Å². The predicted molar refractivity (Wildman–Crippen MR) is 75.7 cm³/mol. The molecule has 2 saturated heterocycles. The van der Waals surface area contributed by atoms with Crippen LogP contribution in [0.2, 0.25) is 0 Å². The Kier molecular flexibility index (Phi) is 5.55. The lowest BCUT2D eigenvalue weighted by molar-refractivity contribution is -0.150. The van der Waals surface area contributed by atoms with Crippen molar-refractivity contribution in [3.63, 3.8) is 0 Å². The smallest absolute Gasteiger partial charge is 0.323 e. The predicted octanol–water partition coefficient (Wildman–Crippen LogP) is -0.382. The zero-order chi connectivity index (χ0) is 15.2. The Hall–Kier alpha value is -1.63. The zero-order valence-electron chi connectivity index (χ0n) is 12.3. The second kappa shape index (κ2) is 7.40. The highest BCUT2D eigenvalue weighted by molar-refractivity contribution is 5.88. The van der Waals surface area contributed by atoms with Crippen molar-refractivity contribution < 1.29 is 19.5 Å². The molecule has 118 valence electrons. The number of hydrogen-bond acceptors (Lipinski definition) is 4. The van der Waals surface area contributed by atoms with Gasteiger partial charge in [-0.15, -0.1) is 0 Å². The van der Waals surface area contributed by atoms with Crippen LogP contribution in [0.5, 0.6) is 0 Å². The third kappa shape index (κ3) is 4.70. The first kappa shape index (κ1) is 15.8. The summed E-state index contributed by atoms with van der Waals surface area (Å²) < 4.78 is 0. The number of carbonyl (C=O) groups is 3. The van der Waals surface area contributed by atoms with E-state index in [0.29, 0.717) is 19.6 Å². The number of carboxylic acid groups (broad SMARTS) is 1. The van der Waals surface area contributed by atoms with Crippen LogP contribution in [0, 0.1) is 0 Å². The molecule has 0 unspecified atom stereocenters. The molecule has 2 aliphatic heterocycles. The lowest BCUT2D eigenvalue weighted by Gasteiger charge is -2.34. The van der Waals surface area contributed by atoms with Crippen molar-refractivity contribution in [2.45, 2.75) is 25.7 Å². The molecule has 7 heteroatoms. The number of amides is 2. The van der Waals surface area contributed by atoms with Crippen LogP contribution in [0.3, 0.4) is 0 Å². The summed E-state index contributed by atoms with van der Waals surface area (Å²) in [6.07, 6.45) is 4.69. The van der Waals surface area contributed by atoms with Gasteiger partial charge in [-0.05, 0) is 25.9 Å². The van der Waals surface area contributed by atoms with E-state index in [1.165, 1.54) is 17.7 Å². The summed E-state index contributed by atoms with van der Waals surface area (Å²) in [5.74, 6) is -1.33. The molecule has 0 aliphatic carbocycles. The van der Waals surface area contributed by atoms with Crippen LogP contribution < -0.4 is 0 Å². The van der Waals surface area contributed by atoms with Gasteiger partial charge in [0.2, 0.25) is 11.8 Å². The molecular formula is C14H23N3O4. The molecule has 2 rings (SSSR count). The van der Waals surface area contributed by atoms with Crippen LogP contribution in [0.1, 0.15) is 25.7 Å². The van der Waals surface area contributed by atoms with Gasteiger partial charge in [-0.1, -0.05) is 12.8 Å². The largest absolute Gasteiger partial charge is 0.480 e. The molecule has 0 atom stereocenters. The first-order chi connectivity index (χ1) is 10.1. The number of carboxylic acids is 1. The minimum atomic E-state index is -1.02. The zero-order valence-corrected chi connectivity index (χ0v) is 12.3. The van der Waals surface area contributed by atoms with Gasteiger partial charge in [-0.25, -0.2) is 0 Å². The van der Waals surface area contributed by atoms with Crippen molar-refractivity contribution in [1.29, 1.82) is 0 Å². The molecule has 1 N–H and O–H groups in total. The molecular weight excluding hydrogens is 274 g/mol. The summed E-state index contributed by atoms with van der Waals surface area (Å²) in [4.78, 5) is 39.7. The number of aliphatic carboxylic acids is 1. The van der Waals surface area contributed by atoms with E-state index in [-0.39, 0.29) is 24.9 Å². The minimum absolute atomic E-state index is 0.0000463. The summed E-state index contributed by atoms with van der Waals surface area (Å²) in [7, 11) is 0. The Morgan fingerprint density at radius 1 is 0.952 bits per heavy atom. The molecule has 2 amide bonds. The van der Waals surface area contributed by atoms with E-state index < -0.39 is 5.97 Å². The van der Waals surface area contributed by atoms with Crippen molar-refractivity contribution in [2.75, 3.05) is 45.8 Å². The number of carbonyl (C=O) groups excluding carboxylic acids is 2. The summed E-state index contributed by atoms with van der Waals surface area (Å²) >= 11 is 0. The van der Waals surface area contributed by atoms with Gasteiger partial charge in [0.15, 0.2) is 0 Å². The number of likely N-dealkylation sites (tertiary alicyclic amines) is 1. The third-order valence-corrected chi connectivity index (χ3v) is 4.06. The van der Waals surface area contributed by atoms with E-state index in [1.807, 2.05) is 0 Å². The highest BCUT2D eigenvalue weighted by Gasteiger charge is 2.28. The molecule has 0 aromatic heterocycles. The van der Waals surface area contributed by atoms with Crippen molar-refractivity contribution in [3.8, 4) is 0 Å². The second-order valence-electron chi connectivity index (χ2n) is 5.71. The first-order valence-electron chi connectivity index (χ1n) is 7.56. The van der Waals surface area contributed by atoms with Gasteiger partial charge >= 0.3 is 5.97 Å². The lowest BCUT2D eigenvalue weighted by atomic mass is 10.2. The molecule has 2 fully saturated rings. The molecule has 0 aromatic carbocycles. The Bertz CT molecular complexity index is 405. The molecule has 2 heterocycles. The fourth-order valence-electron chi connectivity index (χ4n) is 2.84. The highest BCUT2D eigenvalue weighted by atomic mass is 16.4. The quantitative estimate of drug-likeness (QED) is 0.765. The normalized spacial score (nSPS) is 21.2. The Morgan fingerprint density at radius 3 is 2.19 bits per heavy atom. The molecule has 0 aromatic rings. The van der Waals surface area contributed by atoms with Crippen molar-refractivity contribution in [1.82, 2.24) is 14.7 Å². The maximum Gasteiger partial charge on any atom is 0.323 e. The van der Waals surface area contributed by atoms with Gasteiger partial charge in [-0.3, -0.25) is 19.3 Å². The van der Waals surface area contributed by atoms with E-state index in [2.05, 4.69) is 4.90 Å². The topological polar surface area (TPSA) is 81.2 Å².